The van der Waals surface area contributed by atoms with Crippen LogP contribution in [0.15, 0.2) is 15.9 Å². The lowest BCUT2D eigenvalue weighted by Gasteiger charge is -2.05. The molecule has 2 heterocycles. The molecule has 5 heteroatoms. The fourth-order valence-corrected chi connectivity index (χ4v) is 2.33. The van der Waals surface area contributed by atoms with Crippen molar-refractivity contribution in [3.05, 3.63) is 22.9 Å². The van der Waals surface area contributed by atoms with Crippen LogP contribution in [0.4, 0.5) is 0 Å². The molecule has 2 aromatic rings. The lowest BCUT2D eigenvalue weighted by Crippen LogP contribution is -2.17. The van der Waals surface area contributed by atoms with Crippen molar-refractivity contribution in [2.75, 3.05) is 6.54 Å². The quantitative estimate of drug-likeness (QED) is 0.888. The summed E-state index contributed by atoms with van der Waals surface area (Å²) < 4.78 is 5.65. The Labute approximate surface area is 98.7 Å². The Bertz CT molecular complexity index is 463. The third-order valence-corrected chi connectivity index (χ3v) is 3.38. The molecule has 0 saturated carbocycles. The van der Waals surface area contributed by atoms with Crippen molar-refractivity contribution in [2.24, 2.45) is 0 Å². The monoisotopic (exact) mass is 237 g/mol. The van der Waals surface area contributed by atoms with Crippen LogP contribution in [0.1, 0.15) is 31.3 Å². The molecule has 1 unspecified atom stereocenters. The Morgan fingerprint density at radius 3 is 2.94 bits per heavy atom. The minimum atomic E-state index is 0.103. The molecule has 2 aromatic heterocycles. The van der Waals surface area contributed by atoms with E-state index >= 15 is 0 Å². The maximum absolute atomic E-state index is 5.65. The third kappa shape index (κ3) is 2.15. The minimum Gasteiger partial charge on any atom is -0.418 e. The Morgan fingerprint density at radius 2 is 2.31 bits per heavy atom. The Morgan fingerprint density at radius 1 is 1.50 bits per heavy atom. The van der Waals surface area contributed by atoms with Crippen molar-refractivity contribution in [1.82, 2.24) is 15.5 Å². The molecule has 1 N–H and O–H groups in total. The van der Waals surface area contributed by atoms with Gasteiger partial charge >= 0.3 is 0 Å². The molecule has 1 atom stereocenters. The van der Waals surface area contributed by atoms with Gasteiger partial charge in [0.1, 0.15) is 0 Å². The van der Waals surface area contributed by atoms with Crippen LogP contribution in [-0.2, 0) is 0 Å². The molecule has 0 fully saturated rings. The second-order valence-electron chi connectivity index (χ2n) is 3.66. The summed E-state index contributed by atoms with van der Waals surface area (Å²) in [6.45, 7) is 7.00. The fourth-order valence-electron chi connectivity index (χ4n) is 1.49. The molecule has 86 valence electrons. The van der Waals surface area contributed by atoms with Crippen LogP contribution in [0.3, 0.4) is 0 Å². The molecule has 0 amide bonds. The van der Waals surface area contributed by atoms with Gasteiger partial charge in [0.15, 0.2) is 0 Å². The molecule has 0 aliphatic carbocycles. The van der Waals surface area contributed by atoms with E-state index in [-0.39, 0.29) is 6.04 Å². The van der Waals surface area contributed by atoms with Gasteiger partial charge in [-0.05, 0) is 37.4 Å². The molecule has 0 aromatic carbocycles. The highest BCUT2D eigenvalue weighted by Crippen LogP contribution is 2.28. The molecule has 2 rings (SSSR count). The van der Waals surface area contributed by atoms with E-state index in [9.17, 15) is 0 Å². The van der Waals surface area contributed by atoms with E-state index in [1.165, 1.54) is 5.56 Å². The number of rotatable bonds is 4. The van der Waals surface area contributed by atoms with Crippen molar-refractivity contribution in [2.45, 2.75) is 26.8 Å². The lowest BCUT2D eigenvalue weighted by atomic mass is 10.3. The van der Waals surface area contributed by atoms with Gasteiger partial charge in [0.2, 0.25) is 5.89 Å². The van der Waals surface area contributed by atoms with Gasteiger partial charge in [0.05, 0.1) is 10.9 Å². The average Bonchev–Trinajstić information content (AvgIpc) is 2.86. The maximum Gasteiger partial charge on any atom is 0.258 e. The number of aryl methyl sites for hydroxylation is 1. The van der Waals surface area contributed by atoms with Crippen LogP contribution in [0.2, 0.25) is 0 Å². The highest BCUT2D eigenvalue weighted by Gasteiger charge is 2.15. The minimum absolute atomic E-state index is 0.103. The zero-order valence-electron chi connectivity index (χ0n) is 9.65. The summed E-state index contributed by atoms with van der Waals surface area (Å²) in [4.78, 5) is 1.06. The summed E-state index contributed by atoms with van der Waals surface area (Å²) in [5, 5.41) is 13.4. The fraction of sp³-hybridized carbons (Fsp3) is 0.455. The highest BCUT2D eigenvalue weighted by molar-refractivity contribution is 7.13. The van der Waals surface area contributed by atoms with E-state index in [0.29, 0.717) is 11.8 Å². The van der Waals surface area contributed by atoms with Crippen molar-refractivity contribution in [3.8, 4) is 10.8 Å². The number of hydrogen-bond acceptors (Lipinski definition) is 5. The Balaban J connectivity index is 2.23. The Hall–Kier alpha value is -1.20. The predicted octanol–water partition coefficient (Wildman–Crippen LogP) is 2.78. The predicted molar refractivity (Wildman–Crippen MR) is 64.4 cm³/mol. The number of nitrogens with one attached hydrogen (secondary N) is 1. The van der Waals surface area contributed by atoms with E-state index in [1.54, 1.807) is 11.3 Å². The molecule has 0 aliphatic heterocycles. The first kappa shape index (κ1) is 11.3. The van der Waals surface area contributed by atoms with Gasteiger partial charge in [-0.25, -0.2) is 0 Å². The first-order valence-electron chi connectivity index (χ1n) is 5.33. The topological polar surface area (TPSA) is 51.0 Å². The van der Waals surface area contributed by atoms with Crippen molar-refractivity contribution in [3.63, 3.8) is 0 Å². The van der Waals surface area contributed by atoms with Gasteiger partial charge in [-0.15, -0.1) is 21.5 Å². The first-order valence-corrected chi connectivity index (χ1v) is 6.21. The highest BCUT2D eigenvalue weighted by atomic mass is 32.1. The smallest absolute Gasteiger partial charge is 0.258 e. The van der Waals surface area contributed by atoms with Gasteiger partial charge in [0.25, 0.3) is 5.89 Å². The molecule has 0 spiro atoms. The molecule has 0 radical (unpaired) electrons. The summed E-state index contributed by atoms with van der Waals surface area (Å²) in [6.07, 6.45) is 0. The largest absolute Gasteiger partial charge is 0.418 e. The van der Waals surface area contributed by atoms with E-state index in [4.69, 9.17) is 4.42 Å². The zero-order valence-corrected chi connectivity index (χ0v) is 10.5. The molecule has 0 aliphatic rings. The second-order valence-corrected chi connectivity index (χ2v) is 4.57. The van der Waals surface area contributed by atoms with E-state index in [0.717, 1.165) is 11.4 Å². The molecular formula is C11H15N3OS. The molecule has 0 saturated heterocycles. The standard InChI is InChI=1S/C11H15N3OS/c1-4-12-8(3)10-13-14-11(15-10)9-7(2)5-6-16-9/h5-6,8,12H,4H2,1-3H3. The Kier molecular flexibility index (Phi) is 3.36. The summed E-state index contributed by atoms with van der Waals surface area (Å²) in [6, 6.07) is 2.16. The first-order chi connectivity index (χ1) is 7.72. The SMILES string of the molecule is CCNC(C)c1nnc(-c2sccc2C)o1. The molecule has 4 nitrogen and oxygen atoms in total. The number of nitrogens with zero attached hydrogens (tertiary/aromatic N) is 2. The van der Waals surface area contributed by atoms with E-state index in [1.807, 2.05) is 19.2 Å². The molecule has 16 heavy (non-hydrogen) atoms. The summed E-state index contributed by atoms with van der Waals surface area (Å²) in [7, 11) is 0. The van der Waals surface area contributed by atoms with Crippen LogP contribution in [0, 0.1) is 6.92 Å². The number of hydrogen-bond donors (Lipinski definition) is 1. The average molecular weight is 237 g/mol. The van der Waals surface area contributed by atoms with Gasteiger partial charge in [-0.2, -0.15) is 0 Å². The van der Waals surface area contributed by atoms with Gasteiger partial charge < -0.3 is 9.73 Å². The van der Waals surface area contributed by atoms with E-state index in [2.05, 4.69) is 28.5 Å². The van der Waals surface area contributed by atoms with Crippen LogP contribution >= 0.6 is 11.3 Å². The van der Waals surface area contributed by atoms with Gasteiger partial charge in [-0.1, -0.05) is 6.92 Å². The van der Waals surface area contributed by atoms with Crippen molar-refractivity contribution >= 4 is 11.3 Å². The van der Waals surface area contributed by atoms with Gasteiger partial charge in [0, 0.05) is 0 Å². The normalized spacial score (nSPS) is 12.9. The van der Waals surface area contributed by atoms with Crippen LogP contribution in [-0.4, -0.2) is 16.7 Å². The van der Waals surface area contributed by atoms with E-state index < -0.39 is 0 Å². The molecular weight excluding hydrogens is 222 g/mol. The summed E-state index contributed by atoms with van der Waals surface area (Å²) >= 11 is 1.62. The summed E-state index contributed by atoms with van der Waals surface area (Å²) in [5.41, 5.74) is 1.18. The maximum atomic E-state index is 5.65. The third-order valence-electron chi connectivity index (χ3n) is 2.38. The lowest BCUT2D eigenvalue weighted by molar-refractivity contribution is 0.429. The summed E-state index contributed by atoms with van der Waals surface area (Å²) in [5.74, 6) is 1.26. The van der Waals surface area contributed by atoms with Crippen LogP contribution < -0.4 is 5.32 Å². The number of thiophene rings is 1. The van der Waals surface area contributed by atoms with Crippen LogP contribution in [0.5, 0.6) is 0 Å². The van der Waals surface area contributed by atoms with Gasteiger partial charge in [-0.3, -0.25) is 0 Å². The zero-order chi connectivity index (χ0) is 11.5. The van der Waals surface area contributed by atoms with Crippen molar-refractivity contribution in [1.29, 1.82) is 0 Å². The molecule has 0 bridgehead atoms. The number of aromatic nitrogens is 2. The second kappa shape index (κ2) is 4.76. The van der Waals surface area contributed by atoms with Crippen LogP contribution in [0.25, 0.3) is 10.8 Å². The van der Waals surface area contributed by atoms with Crippen molar-refractivity contribution < 1.29 is 4.42 Å².